The lowest BCUT2D eigenvalue weighted by Crippen LogP contribution is -2.40. The van der Waals surface area contributed by atoms with Crippen molar-refractivity contribution < 1.29 is 9.53 Å². The number of amides is 1. The van der Waals surface area contributed by atoms with E-state index in [0.717, 1.165) is 31.7 Å². The van der Waals surface area contributed by atoms with Gasteiger partial charge in [0.2, 0.25) is 5.91 Å². The number of carbonyl (C=O) groups excluding carboxylic acids is 1. The van der Waals surface area contributed by atoms with Crippen molar-refractivity contribution in [2.45, 2.75) is 51.9 Å². The molecule has 0 saturated carbocycles. The van der Waals surface area contributed by atoms with E-state index in [-0.39, 0.29) is 18.5 Å². The summed E-state index contributed by atoms with van der Waals surface area (Å²) in [7, 11) is 0. The van der Waals surface area contributed by atoms with Gasteiger partial charge in [0.15, 0.2) is 0 Å². The van der Waals surface area contributed by atoms with Crippen molar-refractivity contribution in [2.75, 3.05) is 13.2 Å². The van der Waals surface area contributed by atoms with Crippen LogP contribution in [-0.4, -0.2) is 46.2 Å². The Balaban J connectivity index is 1.76. The predicted octanol–water partition coefficient (Wildman–Crippen LogP) is 0.0713. The van der Waals surface area contributed by atoms with Gasteiger partial charge in [0.05, 0.1) is 11.9 Å². The van der Waals surface area contributed by atoms with Gasteiger partial charge in [0, 0.05) is 31.8 Å². The molecular weight excluding hydrogens is 258 g/mol. The molecule has 7 nitrogen and oxygen atoms in total. The maximum absolute atomic E-state index is 11.9. The standard InChI is InChI=1S/C13H23N5O2/c1-10(2)14-7-12-8-18(17-16-12)9-13(19)15-11-3-5-20-6-4-11/h8,10-11,14H,3-7,9H2,1-2H3,(H,15,19). The number of carbonyl (C=O) groups is 1. The molecule has 0 radical (unpaired) electrons. The van der Waals surface area contributed by atoms with Gasteiger partial charge in [-0.15, -0.1) is 5.10 Å². The SMILES string of the molecule is CC(C)NCc1cn(CC(=O)NC2CCOCC2)nn1. The minimum Gasteiger partial charge on any atom is -0.381 e. The number of hydrogen-bond donors (Lipinski definition) is 2. The lowest BCUT2D eigenvalue weighted by atomic mass is 10.1. The Bertz CT molecular complexity index is 426. The maximum Gasteiger partial charge on any atom is 0.242 e. The lowest BCUT2D eigenvalue weighted by molar-refractivity contribution is -0.123. The first-order valence-electron chi connectivity index (χ1n) is 7.13. The summed E-state index contributed by atoms with van der Waals surface area (Å²) in [6, 6.07) is 0.624. The zero-order valence-corrected chi connectivity index (χ0v) is 12.1. The molecule has 1 aromatic rings. The van der Waals surface area contributed by atoms with Gasteiger partial charge in [-0.1, -0.05) is 19.1 Å². The third-order valence-electron chi connectivity index (χ3n) is 3.17. The van der Waals surface area contributed by atoms with Gasteiger partial charge in [-0.2, -0.15) is 0 Å². The molecule has 1 saturated heterocycles. The topological polar surface area (TPSA) is 81.1 Å². The van der Waals surface area contributed by atoms with E-state index in [2.05, 4.69) is 34.8 Å². The highest BCUT2D eigenvalue weighted by Gasteiger charge is 2.16. The summed E-state index contributed by atoms with van der Waals surface area (Å²) in [5.74, 6) is -0.0230. The molecule has 0 aromatic carbocycles. The number of hydrogen-bond acceptors (Lipinski definition) is 5. The molecule has 2 rings (SSSR count). The van der Waals surface area contributed by atoms with E-state index in [4.69, 9.17) is 4.74 Å². The van der Waals surface area contributed by atoms with Crippen LogP contribution in [0.2, 0.25) is 0 Å². The summed E-state index contributed by atoms with van der Waals surface area (Å²) in [6.45, 7) is 6.47. The smallest absolute Gasteiger partial charge is 0.242 e. The van der Waals surface area contributed by atoms with E-state index in [1.165, 1.54) is 0 Å². The molecule has 1 aliphatic rings. The Morgan fingerprint density at radius 1 is 1.50 bits per heavy atom. The number of aromatic nitrogens is 3. The Morgan fingerprint density at radius 3 is 2.95 bits per heavy atom. The second-order valence-corrected chi connectivity index (χ2v) is 5.40. The average Bonchev–Trinajstić information content (AvgIpc) is 2.85. The van der Waals surface area contributed by atoms with Gasteiger partial charge in [0.1, 0.15) is 6.54 Å². The zero-order valence-electron chi connectivity index (χ0n) is 12.1. The van der Waals surface area contributed by atoms with Gasteiger partial charge in [-0.05, 0) is 12.8 Å². The zero-order chi connectivity index (χ0) is 14.4. The number of nitrogens with one attached hydrogen (secondary N) is 2. The molecular formula is C13H23N5O2. The van der Waals surface area contributed by atoms with Crippen LogP contribution < -0.4 is 10.6 Å². The first kappa shape index (κ1) is 14.9. The molecule has 0 bridgehead atoms. The van der Waals surface area contributed by atoms with Crippen molar-refractivity contribution in [3.8, 4) is 0 Å². The van der Waals surface area contributed by atoms with Crippen LogP contribution in [0, 0.1) is 0 Å². The normalized spacial score (nSPS) is 16.6. The molecule has 1 aromatic heterocycles. The molecule has 0 spiro atoms. The number of nitrogens with zero attached hydrogens (tertiary/aromatic N) is 3. The monoisotopic (exact) mass is 281 g/mol. The van der Waals surface area contributed by atoms with Gasteiger partial charge in [0.25, 0.3) is 0 Å². The average molecular weight is 281 g/mol. The largest absolute Gasteiger partial charge is 0.381 e. The van der Waals surface area contributed by atoms with Gasteiger partial charge >= 0.3 is 0 Å². The van der Waals surface area contributed by atoms with Crippen molar-refractivity contribution in [3.05, 3.63) is 11.9 Å². The molecule has 0 aliphatic carbocycles. The van der Waals surface area contributed by atoms with Crippen molar-refractivity contribution >= 4 is 5.91 Å². The molecule has 1 fully saturated rings. The molecule has 0 atom stereocenters. The number of ether oxygens (including phenoxy) is 1. The minimum absolute atomic E-state index is 0.0230. The Kier molecular flexibility index (Phi) is 5.49. The summed E-state index contributed by atoms with van der Waals surface area (Å²) in [4.78, 5) is 11.9. The van der Waals surface area contributed by atoms with Crippen LogP contribution in [0.15, 0.2) is 6.20 Å². The van der Waals surface area contributed by atoms with Crippen LogP contribution in [0.4, 0.5) is 0 Å². The molecule has 2 heterocycles. The first-order chi connectivity index (χ1) is 9.63. The van der Waals surface area contributed by atoms with Gasteiger partial charge in [-0.3, -0.25) is 4.79 Å². The molecule has 7 heteroatoms. The highest BCUT2D eigenvalue weighted by Crippen LogP contribution is 2.06. The molecule has 20 heavy (non-hydrogen) atoms. The van der Waals surface area contributed by atoms with Crippen LogP contribution in [0.3, 0.4) is 0 Å². The van der Waals surface area contributed by atoms with Crippen molar-refractivity contribution in [1.29, 1.82) is 0 Å². The van der Waals surface area contributed by atoms with Crippen LogP contribution in [0.5, 0.6) is 0 Å². The molecule has 1 aliphatic heterocycles. The number of rotatable bonds is 6. The van der Waals surface area contributed by atoms with Crippen molar-refractivity contribution in [2.24, 2.45) is 0 Å². The molecule has 0 unspecified atom stereocenters. The fourth-order valence-corrected chi connectivity index (χ4v) is 2.07. The minimum atomic E-state index is -0.0230. The van der Waals surface area contributed by atoms with E-state index in [1.54, 1.807) is 10.9 Å². The lowest BCUT2D eigenvalue weighted by Gasteiger charge is -2.22. The summed E-state index contributed by atoms with van der Waals surface area (Å²) in [6.07, 6.45) is 3.57. The van der Waals surface area contributed by atoms with E-state index < -0.39 is 0 Å². The predicted molar refractivity (Wildman–Crippen MR) is 74.0 cm³/mol. The molecule has 1 amide bonds. The third kappa shape index (κ3) is 4.90. The molecule has 2 N–H and O–H groups in total. The Hall–Kier alpha value is -1.47. The first-order valence-corrected chi connectivity index (χ1v) is 7.13. The summed E-state index contributed by atoms with van der Waals surface area (Å²) in [5.41, 5.74) is 0.845. The fourth-order valence-electron chi connectivity index (χ4n) is 2.07. The third-order valence-corrected chi connectivity index (χ3v) is 3.17. The quantitative estimate of drug-likeness (QED) is 0.771. The maximum atomic E-state index is 11.9. The van der Waals surface area contributed by atoms with E-state index in [1.807, 2.05) is 0 Å². The van der Waals surface area contributed by atoms with Crippen LogP contribution in [-0.2, 0) is 22.6 Å². The molecule has 112 valence electrons. The Morgan fingerprint density at radius 2 is 2.25 bits per heavy atom. The van der Waals surface area contributed by atoms with Crippen LogP contribution in [0.1, 0.15) is 32.4 Å². The van der Waals surface area contributed by atoms with E-state index in [0.29, 0.717) is 12.6 Å². The van der Waals surface area contributed by atoms with Crippen molar-refractivity contribution in [1.82, 2.24) is 25.6 Å². The van der Waals surface area contributed by atoms with Gasteiger partial charge in [-0.25, -0.2) is 4.68 Å². The highest BCUT2D eigenvalue weighted by molar-refractivity contribution is 5.75. The summed E-state index contributed by atoms with van der Waals surface area (Å²) >= 11 is 0. The van der Waals surface area contributed by atoms with Crippen molar-refractivity contribution in [3.63, 3.8) is 0 Å². The summed E-state index contributed by atoms with van der Waals surface area (Å²) < 4.78 is 6.84. The summed E-state index contributed by atoms with van der Waals surface area (Å²) in [5, 5.41) is 14.3. The second kappa shape index (κ2) is 7.35. The van der Waals surface area contributed by atoms with Crippen LogP contribution >= 0.6 is 0 Å². The van der Waals surface area contributed by atoms with E-state index in [9.17, 15) is 4.79 Å². The Labute approximate surface area is 119 Å². The van der Waals surface area contributed by atoms with Gasteiger partial charge < -0.3 is 15.4 Å². The van der Waals surface area contributed by atoms with E-state index >= 15 is 0 Å². The highest BCUT2D eigenvalue weighted by atomic mass is 16.5. The van der Waals surface area contributed by atoms with Crippen LogP contribution in [0.25, 0.3) is 0 Å². The second-order valence-electron chi connectivity index (χ2n) is 5.40. The fraction of sp³-hybridized carbons (Fsp3) is 0.769.